The Morgan fingerprint density at radius 2 is 2.40 bits per heavy atom. The molecule has 1 aliphatic heterocycles. The molecular formula is C14H20FN3O2. The zero-order chi connectivity index (χ0) is 14.5. The number of nitrogens with one attached hydrogen (secondary N) is 1. The highest BCUT2D eigenvalue weighted by molar-refractivity contribution is 5.93. The Balaban J connectivity index is 2.10. The molecule has 1 amide bonds. The summed E-state index contributed by atoms with van der Waals surface area (Å²) in [6.45, 7) is 4.74. The summed E-state index contributed by atoms with van der Waals surface area (Å²) in [5.74, 6) is 4.37. The molecule has 1 aliphatic rings. The van der Waals surface area contributed by atoms with Crippen molar-refractivity contribution in [1.29, 1.82) is 0 Å². The van der Waals surface area contributed by atoms with Gasteiger partial charge in [-0.15, -0.1) is 0 Å². The SMILES string of the molecule is CCC1CN(Cc2cc(C(=O)NN)ccc2F)CCO1. The number of nitrogens with two attached hydrogens (primary N) is 1. The number of nitrogen functional groups attached to an aromatic ring is 1. The van der Waals surface area contributed by atoms with Crippen molar-refractivity contribution in [2.75, 3.05) is 19.7 Å². The second-order valence-corrected chi connectivity index (χ2v) is 4.92. The number of amides is 1. The average molecular weight is 281 g/mol. The van der Waals surface area contributed by atoms with Gasteiger partial charge in [-0.05, 0) is 24.6 Å². The molecule has 0 bridgehead atoms. The van der Waals surface area contributed by atoms with Crippen molar-refractivity contribution in [3.05, 3.63) is 35.1 Å². The number of morpholine rings is 1. The van der Waals surface area contributed by atoms with E-state index in [-0.39, 0.29) is 11.9 Å². The maximum absolute atomic E-state index is 13.9. The molecule has 5 nitrogen and oxygen atoms in total. The Kier molecular flexibility index (Phi) is 5.05. The lowest BCUT2D eigenvalue weighted by Gasteiger charge is -2.32. The molecule has 0 aliphatic carbocycles. The number of benzene rings is 1. The van der Waals surface area contributed by atoms with Gasteiger partial charge in [0.05, 0.1) is 12.7 Å². The van der Waals surface area contributed by atoms with Crippen molar-refractivity contribution in [2.45, 2.75) is 26.0 Å². The van der Waals surface area contributed by atoms with Crippen LogP contribution in [0, 0.1) is 5.82 Å². The fourth-order valence-electron chi connectivity index (χ4n) is 2.33. The summed E-state index contributed by atoms with van der Waals surface area (Å²) in [7, 11) is 0. The molecule has 1 aromatic carbocycles. The van der Waals surface area contributed by atoms with Crippen LogP contribution >= 0.6 is 0 Å². The second-order valence-electron chi connectivity index (χ2n) is 4.92. The number of carbonyl (C=O) groups is 1. The standard InChI is InChI=1S/C14H20FN3O2/c1-2-12-9-18(5-6-20-12)8-11-7-10(14(19)17-16)3-4-13(11)15/h3-4,7,12H,2,5-6,8-9,16H2,1H3,(H,17,19). The fraction of sp³-hybridized carbons (Fsp3) is 0.500. The molecular weight excluding hydrogens is 261 g/mol. The first kappa shape index (κ1) is 14.9. The normalized spacial score (nSPS) is 19.9. The van der Waals surface area contributed by atoms with Crippen LogP contribution in [-0.2, 0) is 11.3 Å². The Morgan fingerprint density at radius 3 is 3.10 bits per heavy atom. The number of hydrogen-bond acceptors (Lipinski definition) is 4. The quantitative estimate of drug-likeness (QED) is 0.491. The van der Waals surface area contributed by atoms with E-state index in [0.29, 0.717) is 24.3 Å². The Bertz CT molecular complexity index is 481. The summed E-state index contributed by atoms with van der Waals surface area (Å²) in [6.07, 6.45) is 1.14. The molecule has 1 unspecified atom stereocenters. The van der Waals surface area contributed by atoms with Crippen LogP contribution in [0.2, 0.25) is 0 Å². The van der Waals surface area contributed by atoms with E-state index < -0.39 is 5.91 Å². The van der Waals surface area contributed by atoms with E-state index in [9.17, 15) is 9.18 Å². The number of rotatable bonds is 4. The summed E-state index contributed by atoms with van der Waals surface area (Å²) in [4.78, 5) is 13.6. The predicted octanol–water partition coefficient (Wildman–Crippen LogP) is 1.04. The lowest BCUT2D eigenvalue weighted by atomic mass is 10.1. The van der Waals surface area contributed by atoms with Crippen LogP contribution in [0.15, 0.2) is 18.2 Å². The monoisotopic (exact) mass is 281 g/mol. The third-order valence-corrected chi connectivity index (χ3v) is 3.51. The van der Waals surface area contributed by atoms with Crippen LogP contribution in [0.4, 0.5) is 4.39 Å². The van der Waals surface area contributed by atoms with E-state index in [0.717, 1.165) is 19.5 Å². The lowest BCUT2D eigenvalue weighted by molar-refractivity contribution is -0.0327. The summed E-state index contributed by atoms with van der Waals surface area (Å²) in [6, 6.07) is 4.28. The number of carbonyl (C=O) groups excluding carboxylic acids is 1. The molecule has 20 heavy (non-hydrogen) atoms. The van der Waals surface area contributed by atoms with Gasteiger partial charge in [-0.2, -0.15) is 0 Å². The first-order chi connectivity index (χ1) is 9.63. The summed E-state index contributed by atoms with van der Waals surface area (Å²) < 4.78 is 19.4. The molecule has 1 saturated heterocycles. The number of halogens is 1. The van der Waals surface area contributed by atoms with Crippen molar-refractivity contribution in [3.63, 3.8) is 0 Å². The summed E-state index contributed by atoms with van der Waals surface area (Å²) >= 11 is 0. The van der Waals surface area contributed by atoms with Crippen LogP contribution in [0.5, 0.6) is 0 Å². The predicted molar refractivity (Wildman–Crippen MR) is 73.4 cm³/mol. The zero-order valence-corrected chi connectivity index (χ0v) is 11.6. The van der Waals surface area contributed by atoms with E-state index in [1.165, 1.54) is 12.1 Å². The van der Waals surface area contributed by atoms with E-state index in [1.807, 2.05) is 0 Å². The van der Waals surface area contributed by atoms with E-state index in [4.69, 9.17) is 10.6 Å². The minimum absolute atomic E-state index is 0.197. The molecule has 0 radical (unpaired) electrons. The Morgan fingerprint density at radius 1 is 1.60 bits per heavy atom. The molecule has 2 rings (SSSR count). The highest BCUT2D eigenvalue weighted by Crippen LogP contribution is 2.16. The topological polar surface area (TPSA) is 67.6 Å². The number of nitrogens with zero attached hydrogens (tertiary/aromatic N) is 1. The Labute approximate surface area is 117 Å². The van der Waals surface area contributed by atoms with Gasteiger partial charge in [0, 0.05) is 30.8 Å². The van der Waals surface area contributed by atoms with Gasteiger partial charge in [-0.3, -0.25) is 15.1 Å². The number of ether oxygens (including phenoxy) is 1. The van der Waals surface area contributed by atoms with Gasteiger partial charge < -0.3 is 4.74 Å². The molecule has 0 saturated carbocycles. The zero-order valence-electron chi connectivity index (χ0n) is 11.6. The van der Waals surface area contributed by atoms with E-state index >= 15 is 0 Å². The molecule has 0 aromatic heterocycles. The largest absolute Gasteiger partial charge is 0.376 e. The van der Waals surface area contributed by atoms with Crippen molar-refractivity contribution in [2.24, 2.45) is 5.84 Å². The molecule has 1 atom stereocenters. The third-order valence-electron chi connectivity index (χ3n) is 3.51. The van der Waals surface area contributed by atoms with Gasteiger partial charge in [-0.25, -0.2) is 10.2 Å². The maximum Gasteiger partial charge on any atom is 0.265 e. The van der Waals surface area contributed by atoms with Crippen molar-refractivity contribution in [3.8, 4) is 0 Å². The van der Waals surface area contributed by atoms with E-state index in [2.05, 4.69) is 17.2 Å². The highest BCUT2D eigenvalue weighted by Gasteiger charge is 2.20. The van der Waals surface area contributed by atoms with Crippen molar-refractivity contribution in [1.82, 2.24) is 10.3 Å². The van der Waals surface area contributed by atoms with Gasteiger partial charge in [0.1, 0.15) is 5.82 Å². The summed E-state index contributed by atoms with van der Waals surface area (Å²) in [5, 5.41) is 0. The van der Waals surface area contributed by atoms with Crippen LogP contribution in [0.3, 0.4) is 0 Å². The highest BCUT2D eigenvalue weighted by atomic mass is 19.1. The lowest BCUT2D eigenvalue weighted by Crippen LogP contribution is -2.41. The average Bonchev–Trinajstić information content (AvgIpc) is 2.49. The molecule has 3 N–H and O–H groups in total. The Hall–Kier alpha value is -1.50. The first-order valence-corrected chi connectivity index (χ1v) is 6.77. The molecule has 1 heterocycles. The minimum Gasteiger partial charge on any atom is -0.376 e. The van der Waals surface area contributed by atoms with Gasteiger partial charge in [0.15, 0.2) is 0 Å². The van der Waals surface area contributed by atoms with Crippen LogP contribution in [0.1, 0.15) is 29.3 Å². The van der Waals surface area contributed by atoms with E-state index in [1.54, 1.807) is 6.07 Å². The molecule has 1 fully saturated rings. The van der Waals surface area contributed by atoms with Gasteiger partial charge >= 0.3 is 0 Å². The third kappa shape index (κ3) is 3.53. The van der Waals surface area contributed by atoms with Crippen molar-refractivity contribution < 1.29 is 13.9 Å². The first-order valence-electron chi connectivity index (χ1n) is 6.77. The maximum atomic E-state index is 13.9. The van der Waals surface area contributed by atoms with Gasteiger partial charge in [-0.1, -0.05) is 6.92 Å². The number of hydrogen-bond donors (Lipinski definition) is 2. The van der Waals surface area contributed by atoms with Crippen LogP contribution < -0.4 is 11.3 Å². The van der Waals surface area contributed by atoms with Gasteiger partial charge in [0.2, 0.25) is 0 Å². The van der Waals surface area contributed by atoms with Crippen molar-refractivity contribution >= 4 is 5.91 Å². The second kappa shape index (κ2) is 6.78. The van der Waals surface area contributed by atoms with Crippen LogP contribution in [0.25, 0.3) is 0 Å². The minimum atomic E-state index is -0.417. The molecule has 6 heteroatoms. The summed E-state index contributed by atoms with van der Waals surface area (Å²) in [5.41, 5.74) is 2.92. The van der Waals surface area contributed by atoms with Gasteiger partial charge in [0.25, 0.3) is 5.91 Å². The molecule has 110 valence electrons. The number of hydrazine groups is 1. The fourth-order valence-corrected chi connectivity index (χ4v) is 2.33. The molecule has 1 aromatic rings. The molecule has 0 spiro atoms. The van der Waals surface area contributed by atoms with Crippen LogP contribution in [-0.4, -0.2) is 36.6 Å². The smallest absolute Gasteiger partial charge is 0.265 e.